The van der Waals surface area contributed by atoms with Crippen LogP contribution in [0.5, 0.6) is 0 Å². The Morgan fingerprint density at radius 3 is 2.55 bits per heavy atom. The van der Waals surface area contributed by atoms with Crippen molar-refractivity contribution in [3.8, 4) is 0 Å². The first-order valence-corrected chi connectivity index (χ1v) is 9.29. The molecule has 6 heteroatoms. The van der Waals surface area contributed by atoms with Gasteiger partial charge in [-0.2, -0.15) is 0 Å². The van der Waals surface area contributed by atoms with Gasteiger partial charge in [-0.15, -0.1) is 0 Å². The lowest BCUT2D eigenvalue weighted by Crippen LogP contribution is -2.56. The summed E-state index contributed by atoms with van der Waals surface area (Å²) < 4.78 is 31.5. The van der Waals surface area contributed by atoms with E-state index in [1.54, 1.807) is 32.2 Å². The van der Waals surface area contributed by atoms with Gasteiger partial charge in [0.05, 0.1) is 15.5 Å². The Bertz CT molecular complexity index is 746. The Balaban J connectivity index is 2.21. The van der Waals surface area contributed by atoms with Crippen molar-refractivity contribution >= 4 is 15.6 Å². The van der Waals surface area contributed by atoms with Crippen LogP contribution in [0.2, 0.25) is 0 Å². The van der Waals surface area contributed by atoms with Crippen molar-refractivity contribution in [2.24, 2.45) is 15.1 Å². The second-order valence-electron chi connectivity index (χ2n) is 6.42. The summed E-state index contributed by atoms with van der Waals surface area (Å²) in [7, 11) is -1.00. The predicted octanol–water partition coefficient (Wildman–Crippen LogP) is 2.82. The minimum Gasteiger partial charge on any atom is -0.386 e. The lowest BCUT2D eigenvalue weighted by Gasteiger charge is -2.42. The topological polar surface area (TPSA) is 67.8 Å². The molecule has 2 N–H and O–H groups in total. The van der Waals surface area contributed by atoms with Crippen LogP contribution in [-0.2, 0) is 15.3 Å². The monoisotopic (exact) mass is 323 g/mol. The molecule has 1 fully saturated rings. The number of hydrogen-bond acceptors (Lipinski definition) is 4. The maximum absolute atomic E-state index is 14.2. The summed E-state index contributed by atoms with van der Waals surface area (Å²) in [4.78, 5) is 4.64. The van der Waals surface area contributed by atoms with Gasteiger partial charge in [-0.3, -0.25) is 4.99 Å². The van der Waals surface area contributed by atoms with E-state index >= 15 is 0 Å². The molecule has 1 spiro atoms. The van der Waals surface area contributed by atoms with Crippen molar-refractivity contribution in [2.45, 2.75) is 42.9 Å². The molecule has 1 aromatic carbocycles. The summed E-state index contributed by atoms with van der Waals surface area (Å²) in [6.45, 7) is 1.80. The Kier molecular flexibility index (Phi) is 3.55. The van der Waals surface area contributed by atoms with E-state index in [4.69, 9.17) is 5.73 Å². The average Bonchev–Trinajstić information content (AvgIpc) is 2.97. The summed E-state index contributed by atoms with van der Waals surface area (Å²) >= 11 is 0. The molecule has 0 saturated heterocycles. The van der Waals surface area contributed by atoms with Crippen molar-refractivity contribution < 1.29 is 8.60 Å². The third-order valence-corrected chi connectivity index (χ3v) is 8.46. The van der Waals surface area contributed by atoms with Crippen molar-refractivity contribution in [3.63, 3.8) is 0 Å². The van der Waals surface area contributed by atoms with Crippen LogP contribution in [-0.4, -0.2) is 27.6 Å². The fourth-order valence-electron chi connectivity index (χ4n) is 3.88. The molecule has 0 radical (unpaired) electrons. The quantitative estimate of drug-likeness (QED) is 0.863. The standard InChI is InChI=1S/C16H22FN3OS/c1-15(12-7-3-4-8-13(12)17)11-22(21,19-2)16(14(18)20-15)9-5-6-10-16/h3-4,7-8H,5-6,9-11H2,1-2H3,(H2,18,20)/t15-,22-/m0/s1. The Morgan fingerprint density at radius 1 is 1.32 bits per heavy atom. The van der Waals surface area contributed by atoms with Crippen LogP contribution in [0.4, 0.5) is 4.39 Å². The van der Waals surface area contributed by atoms with Gasteiger partial charge in [0.1, 0.15) is 21.9 Å². The number of rotatable bonds is 1. The molecule has 3 rings (SSSR count). The minimum atomic E-state index is -2.59. The van der Waals surface area contributed by atoms with Gasteiger partial charge in [-0.25, -0.2) is 13.0 Å². The van der Waals surface area contributed by atoms with Gasteiger partial charge in [-0.05, 0) is 25.8 Å². The normalized spacial score (nSPS) is 33.7. The summed E-state index contributed by atoms with van der Waals surface area (Å²) in [5, 5.41) is 0. The molecule has 1 saturated carbocycles. The predicted molar refractivity (Wildman–Crippen MR) is 87.9 cm³/mol. The molecule has 4 nitrogen and oxygen atoms in total. The second-order valence-corrected chi connectivity index (χ2v) is 9.14. The zero-order valence-electron chi connectivity index (χ0n) is 13.0. The molecule has 1 aliphatic heterocycles. The highest BCUT2D eigenvalue weighted by Gasteiger charge is 2.54. The lowest BCUT2D eigenvalue weighted by molar-refractivity contribution is 0.486. The van der Waals surface area contributed by atoms with Crippen LogP contribution in [0.25, 0.3) is 0 Å². The van der Waals surface area contributed by atoms with E-state index in [2.05, 4.69) is 9.36 Å². The third kappa shape index (κ3) is 2.00. The van der Waals surface area contributed by atoms with Crippen molar-refractivity contribution in [2.75, 3.05) is 12.8 Å². The van der Waals surface area contributed by atoms with E-state index in [1.165, 1.54) is 6.07 Å². The number of nitrogens with zero attached hydrogens (tertiary/aromatic N) is 2. The van der Waals surface area contributed by atoms with E-state index in [-0.39, 0.29) is 11.6 Å². The fraction of sp³-hybridized carbons (Fsp3) is 0.562. The van der Waals surface area contributed by atoms with Crippen molar-refractivity contribution in [3.05, 3.63) is 35.6 Å². The largest absolute Gasteiger partial charge is 0.386 e. The Morgan fingerprint density at radius 2 is 1.95 bits per heavy atom. The fourth-order valence-corrected chi connectivity index (χ4v) is 6.91. The van der Waals surface area contributed by atoms with Crippen LogP contribution in [0.1, 0.15) is 38.2 Å². The zero-order valence-corrected chi connectivity index (χ0v) is 13.8. The average molecular weight is 323 g/mol. The second kappa shape index (κ2) is 5.05. The molecule has 120 valence electrons. The third-order valence-electron chi connectivity index (χ3n) is 5.08. The summed E-state index contributed by atoms with van der Waals surface area (Å²) in [5.74, 6) is 0.261. The highest BCUT2D eigenvalue weighted by molar-refractivity contribution is 7.95. The first kappa shape index (κ1) is 15.5. The van der Waals surface area contributed by atoms with Gasteiger partial charge >= 0.3 is 0 Å². The van der Waals surface area contributed by atoms with Crippen molar-refractivity contribution in [1.82, 2.24) is 0 Å². The summed E-state index contributed by atoms with van der Waals surface area (Å²) in [6, 6.07) is 6.49. The maximum atomic E-state index is 14.2. The summed E-state index contributed by atoms with van der Waals surface area (Å²) in [6.07, 6.45) is 3.48. The van der Waals surface area contributed by atoms with Crippen LogP contribution in [0.15, 0.2) is 33.6 Å². The van der Waals surface area contributed by atoms with Crippen LogP contribution >= 0.6 is 0 Å². The summed E-state index contributed by atoms with van der Waals surface area (Å²) in [5.41, 5.74) is 5.78. The SMILES string of the molecule is CN=[S@]1(=O)C[C@@](C)(c2ccccc2F)N=C(N)C12CCCC2. The first-order valence-electron chi connectivity index (χ1n) is 7.60. The molecule has 0 amide bonds. The van der Waals surface area contributed by atoms with E-state index in [0.717, 1.165) is 25.7 Å². The van der Waals surface area contributed by atoms with Crippen LogP contribution in [0.3, 0.4) is 0 Å². The molecule has 1 aromatic rings. The van der Waals surface area contributed by atoms with Gasteiger partial charge in [0.2, 0.25) is 0 Å². The Hall–Kier alpha value is -1.43. The molecule has 1 heterocycles. The van der Waals surface area contributed by atoms with E-state index < -0.39 is 20.0 Å². The number of benzene rings is 1. The van der Waals surface area contributed by atoms with Gasteiger partial charge < -0.3 is 5.73 Å². The molecule has 0 bridgehead atoms. The number of hydrogen-bond donors (Lipinski definition) is 1. The number of amidine groups is 1. The highest BCUT2D eigenvalue weighted by Crippen LogP contribution is 2.46. The van der Waals surface area contributed by atoms with E-state index in [0.29, 0.717) is 11.4 Å². The van der Waals surface area contributed by atoms with Gasteiger partial charge in [0.25, 0.3) is 0 Å². The molecule has 2 atom stereocenters. The molecular formula is C16H22FN3OS. The van der Waals surface area contributed by atoms with Gasteiger partial charge in [-0.1, -0.05) is 31.0 Å². The molecule has 0 aromatic heterocycles. The maximum Gasteiger partial charge on any atom is 0.128 e. The zero-order chi connectivity index (χ0) is 16.0. The smallest absolute Gasteiger partial charge is 0.128 e. The molecule has 2 aliphatic rings. The van der Waals surface area contributed by atoms with E-state index in [9.17, 15) is 8.60 Å². The number of halogens is 1. The van der Waals surface area contributed by atoms with Crippen LogP contribution in [0, 0.1) is 5.82 Å². The lowest BCUT2D eigenvalue weighted by atomic mass is 9.93. The number of aliphatic imine (C=N–C) groups is 1. The van der Waals surface area contributed by atoms with Crippen LogP contribution < -0.4 is 5.73 Å². The first-order chi connectivity index (χ1) is 10.4. The molecular weight excluding hydrogens is 301 g/mol. The van der Waals surface area contributed by atoms with E-state index in [1.807, 2.05) is 0 Å². The Labute approximate surface area is 131 Å². The van der Waals surface area contributed by atoms with Gasteiger partial charge in [0, 0.05) is 12.6 Å². The molecule has 1 aliphatic carbocycles. The minimum absolute atomic E-state index is 0.220. The number of nitrogens with two attached hydrogens (primary N) is 1. The molecule has 0 unspecified atom stereocenters. The van der Waals surface area contributed by atoms with Gasteiger partial charge in [0.15, 0.2) is 0 Å². The highest BCUT2D eigenvalue weighted by atomic mass is 32.2. The van der Waals surface area contributed by atoms with Crippen molar-refractivity contribution in [1.29, 1.82) is 0 Å². The molecule has 22 heavy (non-hydrogen) atoms.